The summed E-state index contributed by atoms with van der Waals surface area (Å²) in [4.78, 5) is 23.5. The summed E-state index contributed by atoms with van der Waals surface area (Å²) in [7, 11) is 3.96. The predicted octanol–water partition coefficient (Wildman–Crippen LogP) is 2.72. The van der Waals surface area contributed by atoms with Crippen molar-refractivity contribution in [3.05, 3.63) is 41.6 Å². The molecule has 0 saturated heterocycles. The van der Waals surface area contributed by atoms with Crippen LogP contribution >= 0.6 is 0 Å². The topological polar surface area (TPSA) is 96.2 Å². The van der Waals surface area contributed by atoms with Gasteiger partial charge < -0.3 is 21.3 Å². The van der Waals surface area contributed by atoms with Crippen LogP contribution in [-0.2, 0) is 11.3 Å². The van der Waals surface area contributed by atoms with E-state index >= 15 is 0 Å². The highest BCUT2D eigenvalue weighted by atomic mass is 16.1. The van der Waals surface area contributed by atoms with Gasteiger partial charge in [-0.2, -0.15) is 4.98 Å². The van der Waals surface area contributed by atoms with Gasteiger partial charge in [0, 0.05) is 50.0 Å². The minimum Gasteiger partial charge on any atom is -0.399 e. The molecule has 0 unspecified atom stereocenters. The second-order valence-electron chi connectivity index (χ2n) is 7.75. The lowest BCUT2D eigenvalue weighted by molar-refractivity contribution is -0.126. The number of aromatic nitrogens is 2. The summed E-state index contributed by atoms with van der Waals surface area (Å²) in [5.74, 6) is 1.77. The summed E-state index contributed by atoms with van der Waals surface area (Å²) in [5.41, 5.74) is 8.58. The van der Waals surface area contributed by atoms with Crippen molar-refractivity contribution in [1.29, 1.82) is 0 Å². The second-order valence-corrected chi connectivity index (χ2v) is 7.75. The Hall–Kier alpha value is -2.83. The third-order valence-corrected chi connectivity index (χ3v) is 5.22. The number of amides is 1. The molecule has 2 aromatic rings. The maximum Gasteiger partial charge on any atom is 0.224 e. The van der Waals surface area contributed by atoms with Gasteiger partial charge >= 0.3 is 0 Å². The maximum atomic E-state index is 12.5. The smallest absolute Gasteiger partial charge is 0.224 e. The first kappa shape index (κ1) is 19.9. The molecule has 7 heteroatoms. The van der Waals surface area contributed by atoms with E-state index in [0.717, 1.165) is 42.6 Å². The van der Waals surface area contributed by atoms with Crippen molar-refractivity contribution >= 4 is 23.4 Å². The Kier molecular flexibility index (Phi) is 6.34. The van der Waals surface area contributed by atoms with Crippen LogP contribution in [0.4, 0.5) is 17.5 Å². The minimum atomic E-state index is 0.0652. The van der Waals surface area contributed by atoms with Gasteiger partial charge in [-0.1, -0.05) is 12.1 Å². The number of carbonyl (C=O) groups is 1. The highest BCUT2D eigenvalue weighted by Gasteiger charge is 2.26. The molecule has 1 amide bonds. The number of carbonyl (C=O) groups excluding carboxylic acids is 1. The summed E-state index contributed by atoms with van der Waals surface area (Å²) in [6.07, 6.45) is 5.45. The zero-order valence-electron chi connectivity index (χ0n) is 16.9. The van der Waals surface area contributed by atoms with Crippen molar-refractivity contribution in [2.24, 2.45) is 5.92 Å². The van der Waals surface area contributed by atoms with Crippen LogP contribution in [-0.4, -0.2) is 36.0 Å². The van der Waals surface area contributed by atoms with Gasteiger partial charge in [0.1, 0.15) is 5.82 Å². The SMILES string of the molecule is Cc1cnc(NC2CCC(C(=O)NCc3cccc(N)c3)CC2)nc1N(C)C. The molecule has 1 fully saturated rings. The van der Waals surface area contributed by atoms with Crippen LogP contribution in [0.15, 0.2) is 30.5 Å². The van der Waals surface area contributed by atoms with E-state index in [2.05, 4.69) is 20.6 Å². The first-order valence-electron chi connectivity index (χ1n) is 9.82. The predicted molar refractivity (Wildman–Crippen MR) is 113 cm³/mol. The lowest BCUT2D eigenvalue weighted by Gasteiger charge is -2.28. The molecular weight excluding hydrogens is 352 g/mol. The molecule has 1 aliphatic rings. The van der Waals surface area contributed by atoms with E-state index in [0.29, 0.717) is 24.2 Å². The van der Waals surface area contributed by atoms with Crippen LogP contribution in [0.3, 0.4) is 0 Å². The van der Waals surface area contributed by atoms with Gasteiger partial charge in [-0.3, -0.25) is 4.79 Å². The number of nitrogens with two attached hydrogens (primary N) is 1. The molecule has 7 nitrogen and oxygen atoms in total. The third kappa shape index (κ3) is 5.12. The average molecular weight is 383 g/mol. The van der Waals surface area contributed by atoms with Gasteiger partial charge in [0.15, 0.2) is 0 Å². The van der Waals surface area contributed by atoms with Crippen LogP contribution in [0.5, 0.6) is 0 Å². The third-order valence-electron chi connectivity index (χ3n) is 5.22. The van der Waals surface area contributed by atoms with Crippen molar-refractivity contribution < 1.29 is 4.79 Å². The number of aryl methyl sites for hydroxylation is 1. The summed E-state index contributed by atoms with van der Waals surface area (Å²) in [5, 5.41) is 6.47. The van der Waals surface area contributed by atoms with Crippen LogP contribution < -0.4 is 21.3 Å². The van der Waals surface area contributed by atoms with Gasteiger partial charge in [-0.25, -0.2) is 4.98 Å². The van der Waals surface area contributed by atoms with Crippen molar-refractivity contribution in [3.63, 3.8) is 0 Å². The van der Waals surface area contributed by atoms with E-state index < -0.39 is 0 Å². The van der Waals surface area contributed by atoms with Crippen LogP contribution in [0.25, 0.3) is 0 Å². The van der Waals surface area contributed by atoms with Crippen LogP contribution in [0.1, 0.15) is 36.8 Å². The normalized spacial score (nSPS) is 19.1. The number of rotatable bonds is 6. The zero-order chi connectivity index (χ0) is 20.1. The number of nitrogens with one attached hydrogen (secondary N) is 2. The Balaban J connectivity index is 1.47. The second kappa shape index (κ2) is 8.91. The quantitative estimate of drug-likeness (QED) is 0.665. The molecule has 1 aromatic heterocycles. The highest BCUT2D eigenvalue weighted by molar-refractivity contribution is 5.78. The summed E-state index contributed by atoms with van der Waals surface area (Å²) in [6, 6.07) is 7.92. The monoisotopic (exact) mass is 382 g/mol. The van der Waals surface area contributed by atoms with E-state index in [4.69, 9.17) is 5.73 Å². The molecule has 0 spiro atoms. The number of hydrogen-bond acceptors (Lipinski definition) is 6. The van der Waals surface area contributed by atoms with Crippen molar-refractivity contribution in [3.8, 4) is 0 Å². The van der Waals surface area contributed by atoms with Crippen molar-refractivity contribution in [2.75, 3.05) is 30.0 Å². The van der Waals surface area contributed by atoms with E-state index in [9.17, 15) is 4.79 Å². The lowest BCUT2D eigenvalue weighted by atomic mass is 9.85. The molecule has 0 radical (unpaired) electrons. The molecule has 1 aromatic carbocycles. The molecule has 0 atom stereocenters. The number of nitrogens with zero attached hydrogens (tertiary/aromatic N) is 3. The summed E-state index contributed by atoms with van der Waals surface area (Å²) < 4.78 is 0. The van der Waals surface area contributed by atoms with Crippen LogP contribution in [0.2, 0.25) is 0 Å². The Labute approximate surface area is 166 Å². The fourth-order valence-corrected chi connectivity index (χ4v) is 3.67. The van der Waals surface area contributed by atoms with Gasteiger partial charge in [0.25, 0.3) is 0 Å². The molecule has 28 heavy (non-hydrogen) atoms. The molecule has 0 aliphatic heterocycles. The number of hydrogen-bond donors (Lipinski definition) is 3. The fraction of sp³-hybridized carbons (Fsp3) is 0.476. The van der Waals surface area contributed by atoms with Gasteiger partial charge in [-0.15, -0.1) is 0 Å². The van der Waals surface area contributed by atoms with E-state index in [1.54, 1.807) is 0 Å². The van der Waals surface area contributed by atoms with Gasteiger partial charge in [0.05, 0.1) is 0 Å². The van der Waals surface area contributed by atoms with Crippen molar-refractivity contribution in [2.45, 2.75) is 45.2 Å². The minimum absolute atomic E-state index is 0.0652. The summed E-state index contributed by atoms with van der Waals surface area (Å²) >= 11 is 0. The Morgan fingerprint density at radius 3 is 2.68 bits per heavy atom. The van der Waals surface area contributed by atoms with Crippen molar-refractivity contribution in [1.82, 2.24) is 15.3 Å². The Morgan fingerprint density at radius 2 is 2.00 bits per heavy atom. The largest absolute Gasteiger partial charge is 0.399 e. The lowest BCUT2D eigenvalue weighted by Crippen LogP contribution is -2.36. The standard InChI is InChI=1S/C21H30N6O/c1-14-12-24-21(26-19(14)27(2)3)25-18-9-7-16(8-10-18)20(28)23-13-15-5-4-6-17(22)11-15/h4-6,11-12,16,18H,7-10,13,22H2,1-3H3,(H,23,28)(H,24,25,26). The Bertz CT molecular complexity index is 814. The number of anilines is 3. The molecule has 4 N–H and O–H groups in total. The summed E-state index contributed by atoms with van der Waals surface area (Å²) in [6.45, 7) is 2.53. The van der Waals surface area contributed by atoms with Gasteiger partial charge in [-0.05, 0) is 50.3 Å². The molecule has 3 rings (SSSR count). The fourth-order valence-electron chi connectivity index (χ4n) is 3.67. The molecule has 1 saturated carbocycles. The molecule has 0 bridgehead atoms. The van der Waals surface area contributed by atoms with E-state index in [1.165, 1.54) is 0 Å². The van der Waals surface area contributed by atoms with Crippen LogP contribution in [0, 0.1) is 12.8 Å². The molecule has 1 aliphatic carbocycles. The Morgan fingerprint density at radius 1 is 1.25 bits per heavy atom. The maximum absolute atomic E-state index is 12.5. The average Bonchev–Trinajstić information content (AvgIpc) is 2.68. The number of benzene rings is 1. The first-order chi connectivity index (χ1) is 13.4. The highest BCUT2D eigenvalue weighted by Crippen LogP contribution is 2.27. The molecular formula is C21H30N6O. The first-order valence-corrected chi connectivity index (χ1v) is 9.82. The zero-order valence-corrected chi connectivity index (χ0v) is 16.9. The van der Waals surface area contributed by atoms with E-state index in [-0.39, 0.29) is 11.8 Å². The van der Waals surface area contributed by atoms with Gasteiger partial charge in [0.2, 0.25) is 11.9 Å². The molecule has 1 heterocycles. The van der Waals surface area contributed by atoms with E-state index in [1.807, 2.05) is 56.4 Å². The number of nitrogen functional groups attached to an aromatic ring is 1. The molecule has 150 valence electrons.